The number of nitrogens with one attached hydrogen (secondary N) is 2. The zero-order valence-corrected chi connectivity index (χ0v) is 14.4. The van der Waals surface area contributed by atoms with Crippen molar-refractivity contribution in [2.75, 3.05) is 16.8 Å². The number of piperidine rings is 1. The summed E-state index contributed by atoms with van der Waals surface area (Å²) in [7, 11) is 0. The Morgan fingerprint density at radius 3 is 2.71 bits per heavy atom. The highest BCUT2D eigenvalue weighted by atomic mass is 79.9. The number of hydrogen-bond donors (Lipinski definition) is 2. The molecule has 116 valence electrons. The average Bonchev–Trinajstić information content (AvgIpc) is 2.42. The molecule has 2 rings (SSSR count). The molecule has 2 N–H and O–H groups in total. The molecule has 6 heteroatoms. The van der Waals surface area contributed by atoms with Crippen molar-refractivity contribution in [1.82, 2.24) is 10.3 Å². The number of carbonyl (C=O) groups is 1. The molecule has 0 aliphatic carbocycles. The molecule has 1 aromatic heterocycles. The van der Waals surface area contributed by atoms with E-state index in [9.17, 15) is 4.79 Å². The second-order valence-corrected chi connectivity index (χ2v) is 6.40. The van der Waals surface area contributed by atoms with Crippen LogP contribution in [0, 0.1) is 0 Å². The molecule has 1 fully saturated rings. The minimum atomic E-state index is -0.224. The first kappa shape index (κ1) is 16.1. The van der Waals surface area contributed by atoms with Crippen molar-refractivity contribution in [3.8, 4) is 0 Å². The molecule has 2 atom stereocenters. The fourth-order valence-corrected chi connectivity index (χ4v) is 3.33. The minimum Gasteiger partial charge on any atom is -0.365 e. The van der Waals surface area contributed by atoms with Gasteiger partial charge in [0, 0.05) is 30.9 Å². The molecule has 1 aliphatic heterocycles. The van der Waals surface area contributed by atoms with Crippen molar-refractivity contribution in [3.63, 3.8) is 0 Å². The van der Waals surface area contributed by atoms with E-state index in [1.807, 2.05) is 13.0 Å². The quantitative estimate of drug-likeness (QED) is 0.868. The summed E-state index contributed by atoms with van der Waals surface area (Å²) in [6.45, 7) is 6.98. The Balaban J connectivity index is 2.24. The van der Waals surface area contributed by atoms with E-state index in [0.29, 0.717) is 24.4 Å². The van der Waals surface area contributed by atoms with Crippen LogP contribution in [0.2, 0.25) is 0 Å². The van der Waals surface area contributed by atoms with Crippen molar-refractivity contribution in [3.05, 3.63) is 16.7 Å². The van der Waals surface area contributed by atoms with E-state index in [1.54, 1.807) is 6.20 Å². The third-order valence-corrected chi connectivity index (χ3v) is 4.50. The number of pyridine rings is 1. The van der Waals surface area contributed by atoms with E-state index in [1.165, 1.54) is 19.3 Å². The third-order valence-electron chi connectivity index (χ3n) is 3.89. The van der Waals surface area contributed by atoms with Crippen molar-refractivity contribution in [2.24, 2.45) is 0 Å². The van der Waals surface area contributed by atoms with Gasteiger partial charge >= 0.3 is 6.03 Å². The SMILES string of the molecule is CCNC(=O)Nc1cc(N2C(C)CCCC2C)c(Br)cn1. The van der Waals surface area contributed by atoms with Crippen LogP contribution < -0.4 is 15.5 Å². The standard InChI is InChI=1S/C15H23BrN4O/c1-4-17-15(21)19-14-8-13(12(16)9-18-14)20-10(2)6-5-7-11(20)3/h8-11H,4-7H2,1-3H3,(H2,17,18,19,21). The molecule has 0 bridgehead atoms. The monoisotopic (exact) mass is 354 g/mol. The smallest absolute Gasteiger partial charge is 0.320 e. The van der Waals surface area contributed by atoms with Crippen LogP contribution in [0.15, 0.2) is 16.7 Å². The zero-order chi connectivity index (χ0) is 15.4. The predicted octanol–water partition coefficient (Wildman–Crippen LogP) is 3.75. The lowest BCUT2D eigenvalue weighted by Crippen LogP contribution is -2.44. The Hall–Kier alpha value is -1.30. The predicted molar refractivity (Wildman–Crippen MR) is 89.9 cm³/mol. The molecular weight excluding hydrogens is 332 g/mol. The number of nitrogens with zero attached hydrogens (tertiary/aromatic N) is 2. The molecule has 0 radical (unpaired) electrons. The van der Waals surface area contributed by atoms with Gasteiger partial charge in [-0.25, -0.2) is 9.78 Å². The fraction of sp³-hybridized carbons (Fsp3) is 0.600. The van der Waals surface area contributed by atoms with Gasteiger partial charge in [0.05, 0.1) is 10.2 Å². The van der Waals surface area contributed by atoms with Crippen LogP contribution in [0.4, 0.5) is 16.3 Å². The summed E-state index contributed by atoms with van der Waals surface area (Å²) >= 11 is 3.59. The summed E-state index contributed by atoms with van der Waals surface area (Å²) in [5.41, 5.74) is 1.09. The van der Waals surface area contributed by atoms with Crippen molar-refractivity contribution in [2.45, 2.75) is 52.1 Å². The Labute approximate surface area is 134 Å². The molecule has 0 aromatic carbocycles. The molecule has 1 aromatic rings. The number of aromatic nitrogens is 1. The zero-order valence-electron chi connectivity index (χ0n) is 12.8. The van der Waals surface area contributed by atoms with Gasteiger partial charge in [-0.1, -0.05) is 0 Å². The van der Waals surface area contributed by atoms with Gasteiger partial charge in [-0.3, -0.25) is 5.32 Å². The number of carbonyl (C=O) groups excluding carboxylic acids is 1. The summed E-state index contributed by atoms with van der Waals surface area (Å²) < 4.78 is 0.963. The van der Waals surface area contributed by atoms with Crippen LogP contribution in [0.5, 0.6) is 0 Å². The van der Waals surface area contributed by atoms with Crippen LogP contribution in [0.3, 0.4) is 0 Å². The molecule has 5 nitrogen and oxygen atoms in total. The number of halogens is 1. The molecule has 21 heavy (non-hydrogen) atoms. The highest BCUT2D eigenvalue weighted by Gasteiger charge is 2.26. The van der Waals surface area contributed by atoms with E-state index < -0.39 is 0 Å². The number of rotatable bonds is 3. The molecule has 1 aliphatic rings. The van der Waals surface area contributed by atoms with Gasteiger partial charge < -0.3 is 10.2 Å². The van der Waals surface area contributed by atoms with Crippen molar-refractivity contribution in [1.29, 1.82) is 0 Å². The van der Waals surface area contributed by atoms with Crippen LogP contribution in [-0.4, -0.2) is 29.6 Å². The third kappa shape index (κ3) is 3.87. The highest BCUT2D eigenvalue weighted by molar-refractivity contribution is 9.10. The first-order valence-electron chi connectivity index (χ1n) is 7.51. The lowest BCUT2D eigenvalue weighted by Gasteiger charge is -2.41. The number of hydrogen-bond acceptors (Lipinski definition) is 3. The fourth-order valence-electron chi connectivity index (χ4n) is 2.91. The number of urea groups is 1. The summed E-state index contributed by atoms with van der Waals surface area (Å²) in [6, 6.07) is 2.70. The summed E-state index contributed by atoms with van der Waals surface area (Å²) in [4.78, 5) is 18.3. The number of amides is 2. The van der Waals surface area contributed by atoms with Gasteiger partial charge in [-0.05, 0) is 56.0 Å². The van der Waals surface area contributed by atoms with Crippen molar-refractivity contribution < 1.29 is 4.79 Å². The lowest BCUT2D eigenvalue weighted by molar-refractivity contribution is 0.252. The van der Waals surface area contributed by atoms with E-state index in [-0.39, 0.29) is 6.03 Å². The van der Waals surface area contributed by atoms with Crippen LogP contribution >= 0.6 is 15.9 Å². The maximum Gasteiger partial charge on any atom is 0.320 e. The molecule has 2 unspecified atom stereocenters. The van der Waals surface area contributed by atoms with Crippen LogP contribution in [0.1, 0.15) is 40.0 Å². The summed E-state index contributed by atoms with van der Waals surface area (Å²) in [5, 5.41) is 5.48. The highest BCUT2D eigenvalue weighted by Crippen LogP contribution is 2.35. The van der Waals surface area contributed by atoms with Gasteiger partial charge in [0.25, 0.3) is 0 Å². The topological polar surface area (TPSA) is 57.3 Å². The Morgan fingerprint density at radius 1 is 1.43 bits per heavy atom. The second-order valence-electron chi connectivity index (χ2n) is 5.54. The summed E-state index contributed by atoms with van der Waals surface area (Å²) in [6.07, 6.45) is 5.41. The first-order valence-corrected chi connectivity index (χ1v) is 8.31. The summed E-state index contributed by atoms with van der Waals surface area (Å²) in [5.74, 6) is 0.573. The molecule has 0 saturated carbocycles. The first-order chi connectivity index (χ1) is 10.0. The molecule has 2 amide bonds. The van der Waals surface area contributed by atoms with Crippen molar-refractivity contribution >= 4 is 33.5 Å². The minimum absolute atomic E-state index is 0.224. The van der Waals surface area contributed by atoms with E-state index in [4.69, 9.17) is 0 Å². The van der Waals surface area contributed by atoms with Crippen LogP contribution in [-0.2, 0) is 0 Å². The van der Waals surface area contributed by atoms with Gasteiger partial charge in [0.15, 0.2) is 0 Å². The molecule has 2 heterocycles. The van der Waals surface area contributed by atoms with Gasteiger partial charge in [0.2, 0.25) is 0 Å². The van der Waals surface area contributed by atoms with E-state index in [0.717, 1.165) is 10.2 Å². The normalized spacial score (nSPS) is 22.0. The molecular formula is C15H23BrN4O. The maximum atomic E-state index is 11.6. The maximum absolute atomic E-state index is 11.6. The van der Waals surface area contributed by atoms with Crippen LogP contribution in [0.25, 0.3) is 0 Å². The second kappa shape index (κ2) is 7.11. The lowest BCUT2D eigenvalue weighted by atomic mass is 9.97. The van der Waals surface area contributed by atoms with E-state index >= 15 is 0 Å². The number of anilines is 2. The van der Waals surface area contributed by atoms with Gasteiger partial charge in [-0.2, -0.15) is 0 Å². The molecule has 0 spiro atoms. The van der Waals surface area contributed by atoms with E-state index in [2.05, 4.69) is 50.3 Å². The molecule has 1 saturated heterocycles. The van der Waals surface area contributed by atoms with Gasteiger partial charge in [-0.15, -0.1) is 0 Å². The largest absolute Gasteiger partial charge is 0.365 e. The average molecular weight is 355 g/mol. The Bertz CT molecular complexity index is 498. The Morgan fingerprint density at radius 2 is 2.10 bits per heavy atom. The van der Waals surface area contributed by atoms with Gasteiger partial charge in [0.1, 0.15) is 5.82 Å². The Kier molecular flexibility index (Phi) is 5.45.